The molecule has 5 nitrogen and oxygen atoms in total. The second kappa shape index (κ2) is 8.66. The van der Waals surface area contributed by atoms with Crippen molar-refractivity contribution in [2.45, 2.75) is 44.3 Å². The molecule has 1 fully saturated rings. The first kappa shape index (κ1) is 18.9. The summed E-state index contributed by atoms with van der Waals surface area (Å²) in [6, 6.07) is 15.5. The molecule has 2 aromatic carbocycles. The molecule has 142 valence electrons. The van der Waals surface area contributed by atoms with Gasteiger partial charge in [-0.05, 0) is 24.5 Å². The Morgan fingerprint density at radius 2 is 1.56 bits per heavy atom. The van der Waals surface area contributed by atoms with Crippen LogP contribution in [0.25, 0.3) is 0 Å². The zero-order valence-corrected chi connectivity index (χ0v) is 15.1. The van der Waals surface area contributed by atoms with Crippen LogP contribution in [0, 0.1) is 5.82 Å². The SMILES string of the molecule is O=C(NCc1ccccc1)NC1(C(=O)NCc2ccccc2F)CCCC1. The Morgan fingerprint density at radius 1 is 0.889 bits per heavy atom. The molecule has 0 radical (unpaired) electrons. The number of amides is 3. The third-order valence-electron chi connectivity index (χ3n) is 4.94. The van der Waals surface area contributed by atoms with Gasteiger partial charge in [-0.1, -0.05) is 61.4 Å². The Labute approximate surface area is 158 Å². The number of benzene rings is 2. The van der Waals surface area contributed by atoms with Crippen molar-refractivity contribution in [2.24, 2.45) is 0 Å². The third-order valence-corrected chi connectivity index (χ3v) is 4.94. The minimum absolute atomic E-state index is 0.0978. The molecule has 27 heavy (non-hydrogen) atoms. The van der Waals surface area contributed by atoms with Crippen LogP contribution in [-0.2, 0) is 17.9 Å². The first-order valence-electron chi connectivity index (χ1n) is 9.21. The van der Waals surface area contributed by atoms with Crippen LogP contribution < -0.4 is 16.0 Å². The molecule has 3 N–H and O–H groups in total. The summed E-state index contributed by atoms with van der Waals surface area (Å²) in [5.74, 6) is -0.620. The van der Waals surface area contributed by atoms with Gasteiger partial charge < -0.3 is 16.0 Å². The maximum atomic E-state index is 13.8. The van der Waals surface area contributed by atoms with Crippen molar-refractivity contribution in [3.8, 4) is 0 Å². The Balaban J connectivity index is 1.58. The molecule has 0 atom stereocenters. The monoisotopic (exact) mass is 369 g/mol. The van der Waals surface area contributed by atoms with E-state index in [2.05, 4.69) is 16.0 Å². The molecule has 0 bridgehead atoms. The van der Waals surface area contributed by atoms with Gasteiger partial charge in [-0.25, -0.2) is 9.18 Å². The summed E-state index contributed by atoms with van der Waals surface area (Å²) in [5, 5.41) is 8.44. The summed E-state index contributed by atoms with van der Waals surface area (Å²) in [7, 11) is 0. The summed E-state index contributed by atoms with van der Waals surface area (Å²) in [6.45, 7) is 0.486. The van der Waals surface area contributed by atoms with E-state index in [0.717, 1.165) is 18.4 Å². The maximum absolute atomic E-state index is 13.8. The normalized spacial score (nSPS) is 15.1. The van der Waals surface area contributed by atoms with E-state index in [-0.39, 0.29) is 24.3 Å². The molecule has 1 aliphatic carbocycles. The predicted molar refractivity (Wildman–Crippen MR) is 101 cm³/mol. The molecule has 0 spiro atoms. The van der Waals surface area contributed by atoms with Crippen LogP contribution in [0.2, 0.25) is 0 Å². The maximum Gasteiger partial charge on any atom is 0.315 e. The van der Waals surface area contributed by atoms with E-state index >= 15 is 0 Å². The molecule has 0 unspecified atom stereocenters. The van der Waals surface area contributed by atoms with Gasteiger partial charge in [0.1, 0.15) is 11.4 Å². The van der Waals surface area contributed by atoms with Crippen LogP contribution in [0.5, 0.6) is 0 Å². The van der Waals surface area contributed by atoms with Gasteiger partial charge in [0, 0.05) is 18.7 Å². The molecule has 3 amide bonds. The fourth-order valence-electron chi connectivity index (χ4n) is 3.41. The van der Waals surface area contributed by atoms with E-state index in [1.165, 1.54) is 6.07 Å². The second-order valence-corrected chi connectivity index (χ2v) is 6.86. The number of nitrogens with one attached hydrogen (secondary N) is 3. The lowest BCUT2D eigenvalue weighted by Crippen LogP contribution is -2.59. The van der Waals surface area contributed by atoms with Gasteiger partial charge in [-0.15, -0.1) is 0 Å². The van der Waals surface area contributed by atoms with Crippen molar-refractivity contribution < 1.29 is 14.0 Å². The van der Waals surface area contributed by atoms with Gasteiger partial charge in [-0.3, -0.25) is 4.79 Å². The zero-order chi connectivity index (χ0) is 19.1. The van der Waals surface area contributed by atoms with Gasteiger partial charge >= 0.3 is 6.03 Å². The lowest BCUT2D eigenvalue weighted by Gasteiger charge is -2.29. The number of hydrogen-bond acceptors (Lipinski definition) is 2. The van der Waals surface area contributed by atoms with Crippen LogP contribution in [0.3, 0.4) is 0 Å². The molecule has 0 aliphatic heterocycles. The Morgan fingerprint density at radius 3 is 2.26 bits per heavy atom. The molecular weight excluding hydrogens is 345 g/mol. The Kier molecular flexibility index (Phi) is 6.06. The highest BCUT2D eigenvalue weighted by Crippen LogP contribution is 2.30. The molecule has 2 aromatic rings. The Hall–Kier alpha value is -2.89. The molecular formula is C21H24FN3O2. The minimum Gasteiger partial charge on any atom is -0.350 e. The van der Waals surface area contributed by atoms with E-state index in [9.17, 15) is 14.0 Å². The number of halogens is 1. The number of carbonyl (C=O) groups is 2. The second-order valence-electron chi connectivity index (χ2n) is 6.86. The largest absolute Gasteiger partial charge is 0.350 e. The first-order valence-corrected chi connectivity index (χ1v) is 9.21. The summed E-state index contributed by atoms with van der Waals surface area (Å²) in [5.41, 5.74) is 0.469. The van der Waals surface area contributed by atoms with E-state index in [1.54, 1.807) is 18.2 Å². The van der Waals surface area contributed by atoms with Crippen molar-refractivity contribution in [2.75, 3.05) is 0 Å². The fraction of sp³-hybridized carbons (Fsp3) is 0.333. The lowest BCUT2D eigenvalue weighted by atomic mass is 9.96. The average Bonchev–Trinajstić information content (AvgIpc) is 3.16. The highest BCUT2D eigenvalue weighted by Gasteiger charge is 2.42. The Bertz CT molecular complexity index is 789. The summed E-state index contributed by atoms with van der Waals surface area (Å²) >= 11 is 0. The van der Waals surface area contributed by atoms with Crippen molar-refractivity contribution in [1.29, 1.82) is 0 Å². The van der Waals surface area contributed by atoms with Gasteiger partial charge in [0.2, 0.25) is 5.91 Å². The standard InChI is InChI=1S/C21H24FN3O2/c22-18-11-5-4-10-17(18)15-23-19(26)21(12-6-7-13-21)25-20(27)24-14-16-8-2-1-3-9-16/h1-5,8-11H,6-7,12-15H2,(H,23,26)(H2,24,25,27). The number of rotatable bonds is 6. The zero-order valence-electron chi connectivity index (χ0n) is 15.1. The van der Waals surface area contributed by atoms with Crippen LogP contribution >= 0.6 is 0 Å². The lowest BCUT2D eigenvalue weighted by molar-refractivity contribution is -0.127. The van der Waals surface area contributed by atoms with Crippen molar-refractivity contribution in [3.05, 3.63) is 71.5 Å². The van der Waals surface area contributed by atoms with Gasteiger partial charge in [0.15, 0.2) is 0 Å². The molecule has 0 aromatic heterocycles. The highest BCUT2D eigenvalue weighted by atomic mass is 19.1. The topological polar surface area (TPSA) is 70.2 Å². The van der Waals surface area contributed by atoms with E-state index < -0.39 is 5.54 Å². The summed E-state index contributed by atoms with van der Waals surface area (Å²) < 4.78 is 13.8. The molecule has 3 rings (SSSR count). The van der Waals surface area contributed by atoms with Crippen LogP contribution in [0.1, 0.15) is 36.8 Å². The van der Waals surface area contributed by atoms with Crippen molar-refractivity contribution >= 4 is 11.9 Å². The van der Waals surface area contributed by atoms with E-state index in [0.29, 0.717) is 24.9 Å². The molecule has 0 saturated heterocycles. The summed E-state index contributed by atoms with van der Waals surface area (Å²) in [6.07, 6.45) is 2.89. The van der Waals surface area contributed by atoms with E-state index in [4.69, 9.17) is 0 Å². The van der Waals surface area contributed by atoms with Gasteiger partial charge in [0.25, 0.3) is 0 Å². The molecule has 0 heterocycles. The minimum atomic E-state index is -0.938. The van der Waals surface area contributed by atoms with Gasteiger partial charge in [-0.2, -0.15) is 0 Å². The van der Waals surface area contributed by atoms with Crippen LogP contribution in [0.4, 0.5) is 9.18 Å². The number of urea groups is 1. The van der Waals surface area contributed by atoms with E-state index in [1.807, 2.05) is 30.3 Å². The average molecular weight is 369 g/mol. The molecule has 1 saturated carbocycles. The third kappa shape index (κ3) is 4.84. The first-order chi connectivity index (χ1) is 13.1. The number of hydrogen-bond donors (Lipinski definition) is 3. The quantitative estimate of drug-likeness (QED) is 0.731. The van der Waals surface area contributed by atoms with Crippen molar-refractivity contribution in [3.63, 3.8) is 0 Å². The van der Waals surface area contributed by atoms with Gasteiger partial charge in [0.05, 0.1) is 0 Å². The van der Waals surface area contributed by atoms with Crippen molar-refractivity contribution in [1.82, 2.24) is 16.0 Å². The number of carbonyl (C=O) groups excluding carboxylic acids is 2. The van der Waals surface area contributed by atoms with Crippen LogP contribution in [-0.4, -0.2) is 17.5 Å². The predicted octanol–water partition coefficient (Wildman–Crippen LogP) is 3.25. The molecule has 1 aliphatic rings. The van der Waals surface area contributed by atoms with Crippen LogP contribution in [0.15, 0.2) is 54.6 Å². The summed E-state index contributed by atoms with van der Waals surface area (Å²) in [4.78, 5) is 25.1. The highest BCUT2D eigenvalue weighted by molar-refractivity contribution is 5.91. The smallest absolute Gasteiger partial charge is 0.315 e. The molecule has 6 heteroatoms. The fourth-order valence-corrected chi connectivity index (χ4v) is 3.41.